The van der Waals surface area contributed by atoms with Crippen LogP contribution in [0.2, 0.25) is 0 Å². The second-order valence-corrected chi connectivity index (χ2v) is 10.1. The maximum atomic E-state index is 11.8. The highest BCUT2D eigenvalue weighted by atomic mass is 32.2. The van der Waals surface area contributed by atoms with Gasteiger partial charge in [-0.3, -0.25) is 4.79 Å². The number of carbonyl (C=O) groups is 1. The predicted octanol–water partition coefficient (Wildman–Crippen LogP) is 2.70. The quantitative estimate of drug-likeness (QED) is 0.767. The number of nitrogens with one attached hydrogen (secondary N) is 1. The molecular weight excluding hydrogens is 274 g/mol. The minimum atomic E-state index is -3.06. The van der Waals surface area contributed by atoms with E-state index in [4.69, 9.17) is 0 Å². The number of sulfone groups is 1. The molecule has 0 atom stereocenters. The van der Waals surface area contributed by atoms with Crippen LogP contribution in [-0.4, -0.2) is 31.4 Å². The third-order valence-electron chi connectivity index (χ3n) is 2.76. The molecule has 0 radical (unpaired) electrons. The summed E-state index contributed by atoms with van der Waals surface area (Å²) in [5, 5.41) is 2.79. The summed E-state index contributed by atoms with van der Waals surface area (Å²) in [5.74, 6) is 0.160. The normalized spacial score (nSPS) is 13.7. The zero-order chi connectivity index (χ0) is 16.0. The van der Waals surface area contributed by atoms with E-state index in [1.54, 1.807) is 32.9 Å². The molecule has 0 aromatic rings. The second-order valence-electron chi connectivity index (χ2n) is 7.23. The molecule has 0 aliphatic carbocycles. The van der Waals surface area contributed by atoms with Crippen LogP contribution in [0.15, 0.2) is 12.2 Å². The van der Waals surface area contributed by atoms with Gasteiger partial charge in [0.2, 0.25) is 5.91 Å². The topological polar surface area (TPSA) is 63.2 Å². The smallest absolute Gasteiger partial charge is 0.220 e. The van der Waals surface area contributed by atoms with Gasteiger partial charge in [-0.15, -0.1) is 0 Å². The van der Waals surface area contributed by atoms with Gasteiger partial charge in [0.1, 0.15) is 0 Å². The maximum Gasteiger partial charge on any atom is 0.220 e. The largest absolute Gasteiger partial charge is 0.353 e. The highest BCUT2D eigenvalue weighted by Crippen LogP contribution is 2.18. The Hall–Kier alpha value is -0.840. The minimum absolute atomic E-state index is 0.0180. The van der Waals surface area contributed by atoms with Crippen molar-refractivity contribution in [3.63, 3.8) is 0 Å². The Labute approximate surface area is 123 Å². The lowest BCUT2D eigenvalue weighted by atomic mass is 9.92. The van der Waals surface area contributed by atoms with Crippen LogP contribution in [0.25, 0.3) is 0 Å². The molecule has 1 N–H and O–H groups in total. The summed E-state index contributed by atoms with van der Waals surface area (Å²) in [5.41, 5.74) is -0.0193. The van der Waals surface area contributed by atoms with E-state index in [9.17, 15) is 13.2 Å². The Bertz CT molecular complexity index is 437. The van der Waals surface area contributed by atoms with Crippen molar-refractivity contribution in [1.82, 2.24) is 5.32 Å². The van der Waals surface area contributed by atoms with Gasteiger partial charge in [-0.1, -0.05) is 32.9 Å². The summed E-state index contributed by atoms with van der Waals surface area (Å²) in [6, 6.07) is 0. The van der Waals surface area contributed by atoms with E-state index in [-0.39, 0.29) is 17.1 Å². The highest BCUT2D eigenvalue weighted by molar-refractivity contribution is 7.92. The van der Waals surface area contributed by atoms with Crippen molar-refractivity contribution in [1.29, 1.82) is 0 Å². The molecule has 5 heteroatoms. The fraction of sp³-hybridized carbons (Fsp3) is 0.800. The molecule has 0 aliphatic heterocycles. The Morgan fingerprint density at radius 2 is 1.60 bits per heavy atom. The highest BCUT2D eigenvalue weighted by Gasteiger charge is 2.27. The van der Waals surface area contributed by atoms with Gasteiger partial charge in [0, 0.05) is 13.0 Å². The molecule has 0 unspecified atom stereocenters. The molecule has 0 heterocycles. The molecular formula is C15H29NO3S. The van der Waals surface area contributed by atoms with E-state index >= 15 is 0 Å². The van der Waals surface area contributed by atoms with Crippen LogP contribution in [0.5, 0.6) is 0 Å². The number of hydrogen-bond acceptors (Lipinski definition) is 3. The van der Waals surface area contributed by atoms with E-state index in [1.807, 2.05) is 20.8 Å². The maximum absolute atomic E-state index is 11.8. The van der Waals surface area contributed by atoms with Crippen LogP contribution in [0.4, 0.5) is 0 Å². The first-order chi connectivity index (χ1) is 8.85. The second kappa shape index (κ2) is 7.25. The molecule has 4 nitrogen and oxygen atoms in total. The van der Waals surface area contributed by atoms with Crippen LogP contribution >= 0.6 is 0 Å². The third kappa shape index (κ3) is 8.35. The van der Waals surface area contributed by atoms with Crippen LogP contribution in [0.1, 0.15) is 54.4 Å². The first-order valence-electron chi connectivity index (χ1n) is 6.99. The average Bonchev–Trinajstić information content (AvgIpc) is 2.18. The molecule has 118 valence electrons. The SMILES string of the molecule is CC(C)(C)CC(=O)NC/C=C/CCS(=O)(=O)C(C)(C)C. The Morgan fingerprint density at radius 3 is 2.05 bits per heavy atom. The zero-order valence-electron chi connectivity index (χ0n) is 13.6. The summed E-state index contributed by atoms with van der Waals surface area (Å²) < 4.78 is 23.0. The molecule has 0 aromatic carbocycles. The van der Waals surface area contributed by atoms with E-state index in [2.05, 4.69) is 5.32 Å². The lowest BCUT2D eigenvalue weighted by Gasteiger charge is -2.18. The number of rotatable bonds is 6. The molecule has 20 heavy (non-hydrogen) atoms. The van der Waals surface area contributed by atoms with Crippen LogP contribution in [-0.2, 0) is 14.6 Å². The van der Waals surface area contributed by atoms with Gasteiger partial charge in [-0.05, 0) is 32.6 Å². The van der Waals surface area contributed by atoms with Gasteiger partial charge in [-0.25, -0.2) is 8.42 Å². The van der Waals surface area contributed by atoms with Crippen LogP contribution in [0, 0.1) is 5.41 Å². The van der Waals surface area contributed by atoms with E-state index in [0.717, 1.165) is 0 Å². The molecule has 0 aliphatic rings. The molecule has 0 fully saturated rings. The van der Waals surface area contributed by atoms with Gasteiger partial charge in [0.05, 0.1) is 10.5 Å². The lowest BCUT2D eigenvalue weighted by Crippen LogP contribution is -2.30. The van der Waals surface area contributed by atoms with Crippen LogP contribution < -0.4 is 5.32 Å². The minimum Gasteiger partial charge on any atom is -0.353 e. The van der Waals surface area contributed by atoms with Gasteiger partial charge < -0.3 is 5.32 Å². The van der Waals surface area contributed by atoms with E-state index < -0.39 is 14.6 Å². The van der Waals surface area contributed by atoms with Crippen molar-refractivity contribution >= 4 is 15.7 Å². The van der Waals surface area contributed by atoms with Crippen molar-refractivity contribution < 1.29 is 13.2 Å². The Kier molecular flexibility index (Phi) is 6.94. The molecule has 0 aromatic heterocycles. The standard InChI is InChI=1S/C15H29NO3S/c1-14(2,3)12-13(17)16-10-8-7-9-11-20(18,19)15(4,5)6/h7-8H,9-12H2,1-6H3,(H,16,17)/b8-7+. The van der Waals surface area contributed by atoms with Gasteiger partial charge in [-0.2, -0.15) is 0 Å². The molecule has 0 saturated carbocycles. The first-order valence-corrected chi connectivity index (χ1v) is 8.64. The Balaban J connectivity index is 3.99. The summed E-state index contributed by atoms with van der Waals surface area (Å²) in [6.07, 6.45) is 4.58. The number of hydrogen-bond donors (Lipinski definition) is 1. The lowest BCUT2D eigenvalue weighted by molar-refractivity contribution is -0.122. The summed E-state index contributed by atoms with van der Waals surface area (Å²) in [4.78, 5) is 11.5. The number of carbonyl (C=O) groups excluding carboxylic acids is 1. The molecule has 0 saturated heterocycles. The van der Waals surface area contributed by atoms with Crippen molar-refractivity contribution in [2.45, 2.75) is 59.1 Å². The van der Waals surface area contributed by atoms with Crippen LogP contribution in [0.3, 0.4) is 0 Å². The van der Waals surface area contributed by atoms with Gasteiger partial charge in [0.15, 0.2) is 9.84 Å². The van der Waals surface area contributed by atoms with Crippen molar-refractivity contribution in [3.05, 3.63) is 12.2 Å². The summed E-state index contributed by atoms with van der Waals surface area (Å²) in [7, 11) is -3.06. The third-order valence-corrected chi connectivity index (χ3v) is 5.40. The van der Waals surface area contributed by atoms with Crippen molar-refractivity contribution in [3.8, 4) is 0 Å². The molecule has 0 bridgehead atoms. The fourth-order valence-electron chi connectivity index (χ4n) is 1.45. The molecule has 1 amide bonds. The molecule has 0 spiro atoms. The van der Waals surface area contributed by atoms with Crippen molar-refractivity contribution in [2.24, 2.45) is 5.41 Å². The zero-order valence-corrected chi connectivity index (χ0v) is 14.4. The van der Waals surface area contributed by atoms with Gasteiger partial charge in [0.25, 0.3) is 0 Å². The molecule has 0 rings (SSSR count). The Morgan fingerprint density at radius 1 is 1.05 bits per heavy atom. The number of allylic oxidation sites excluding steroid dienone is 1. The first kappa shape index (κ1) is 19.2. The average molecular weight is 303 g/mol. The fourth-order valence-corrected chi connectivity index (χ4v) is 2.51. The van der Waals surface area contributed by atoms with E-state index in [0.29, 0.717) is 19.4 Å². The summed E-state index contributed by atoms with van der Waals surface area (Å²) in [6.45, 7) is 11.6. The van der Waals surface area contributed by atoms with Gasteiger partial charge >= 0.3 is 0 Å². The van der Waals surface area contributed by atoms with Crippen molar-refractivity contribution in [2.75, 3.05) is 12.3 Å². The summed E-state index contributed by atoms with van der Waals surface area (Å²) >= 11 is 0. The monoisotopic (exact) mass is 303 g/mol. The predicted molar refractivity (Wildman–Crippen MR) is 84.4 cm³/mol. The number of amides is 1. The van der Waals surface area contributed by atoms with E-state index in [1.165, 1.54) is 0 Å².